The van der Waals surface area contributed by atoms with Gasteiger partial charge in [-0.25, -0.2) is 0 Å². The van der Waals surface area contributed by atoms with Gasteiger partial charge in [0.05, 0.1) is 5.56 Å². The first-order valence-corrected chi connectivity index (χ1v) is 4.43. The first-order valence-electron chi connectivity index (χ1n) is 4.03. The minimum Gasteiger partial charge on any atom is -0.376 e. The van der Waals surface area contributed by atoms with Crippen LogP contribution in [-0.2, 0) is 6.18 Å². The van der Waals surface area contributed by atoms with E-state index in [1.807, 2.05) is 0 Å². The van der Waals surface area contributed by atoms with Crippen LogP contribution in [0.3, 0.4) is 0 Å². The normalized spacial score (nSPS) is 11.2. The largest absolute Gasteiger partial charge is 0.416 e. The van der Waals surface area contributed by atoms with Gasteiger partial charge in [0.1, 0.15) is 0 Å². The highest BCUT2D eigenvalue weighted by Gasteiger charge is 2.30. The molecule has 0 spiro atoms. The molecule has 0 aliphatic carbocycles. The molecule has 0 heterocycles. The first kappa shape index (κ1) is 11.8. The minimum atomic E-state index is -4.35. The molecule has 1 rings (SSSR count). The number of nitrogens with two attached hydrogens (primary N) is 1. The molecule has 0 amide bonds. The summed E-state index contributed by atoms with van der Waals surface area (Å²) >= 11 is 4.66. The van der Waals surface area contributed by atoms with Crippen LogP contribution >= 0.6 is 12.2 Å². The molecule has 0 saturated carbocycles. The minimum absolute atomic E-state index is 0.0225. The smallest absolute Gasteiger partial charge is 0.376 e. The molecule has 6 heteroatoms. The molecular formula is C9H9F3N2S. The molecule has 15 heavy (non-hydrogen) atoms. The molecule has 2 nitrogen and oxygen atoms in total. The number of anilines is 1. The third-order valence-corrected chi connectivity index (χ3v) is 2.17. The fourth-order valence-corrected chi connectivity index (χ4v) is 1.12. The fraction of sp³-hybridized carbons (Fsp3) is 0.222. The van der Waals surface area contributed by atoms with E-state index in [-0.39, 0.29) is 5.11 Å². The summed E-state index contributed by atoms with van der Waals surface area (Å²) in [5.74, 6) is 0. The number of halogens is 3. The van der Waals surface area contributed by atoms with Crippen LogP contribution in [0.25, 0.3) is 0 Å². The topological polar surface area (TPSA) is 29.3 Å². The van der Waals surface area contributed by atoms with Crippen LogP contribution in [0, 0.1) is 0 Å². The van der Waals surface area contributed by atoms with E-state index in [2.05, 4.69) is 12.2 Å². The average Bonchev–Trinajstić information content (AvgIpc) is 2.15. The standard InChI is InChI=1S/C9H9F3N2S/c1-14(8(13)15)7-4-2-3-6(5-7)9(10,11)12/h2-5H,1H3,(H2,13,15). The van der Waals surface area contributed by atoms with E-state index in [9.17, 15) is 13.2 Å². The molecule has 1 aromatic carbocycles. The highest BCUT2D eigenvalue weighted by molar-refractivity contribution is 7.80. The molecule has 2 N–H and O–H groups in total. The van der Waals surface area contributed by atoms with Crippen molar-refractivity contribution in [2.45, 2.75) is 6.18 Å². The Kier molecular flexibility index (Phi) is 3.18. The fourth-order valence-electron chi connectivity index (χ4n) is 1.02. The van der Waals surface area contributed by atoms with Gasteiger partial charge in [-0.3, -0.25) is 0 Å². The van der Waals surface area contributed by atoms with Crippen molar-refractivity contribution >= 4 is 23.0 Å². The van der Waals surface area contributed by atoms with E-state index in [0.717, 1.165) is 12.1 Å². The van der Waals surface area contributed by atoms with Crippen molar-refractivity contribution in [1.82, 2.24) is 0 Å². The molecule has 0 bridgehead atoms. The second kappa shape index (κ2) is 4.06. The summed E-state index contributed by atoms with van der Waals surface area (Å²) in [4.78, 5) is 1.31. The second-order valence-corrected chi connectivity index (χ2v) is 3.36. The lowest BCUT2D eigenvalue weighted by Crippen LogP contribution is -2.31. The highest BCUT2D eigenvalue weighted by atomic mass is 32.1. The summed E-state index contributed by atoms with van der Waals surface area (Å²) in [5.41, 5.74) is 4.90. The van der Waals surface area contributed by atoms with Crippen LogP contribution in [0.4, 0.5) is 18.9 Å². The zero-order valence-corrected chi connectivity index (χ0v) is 8.69. The van der Waals surface area contributed by atoms with E-state index < -0.39 is 11.7 Å². The Morgan fingerprint density at radius 2 is 2.00 bits per heavy atom. The van der Waals surface area contributed by atoms with Gasteiger partial charge in [0, 0.05) is 12.7 Å². The zero-order chi connectivity index (χ0) is 11.6. The van der Waals surface area contributed by atoms with Crippen molar-refractivity contribution in [2.24, 2.45) is 5.73 Å². The van der Waals surface area contributed by atoms with Gasteiger partial charge < -0.3 is 10.6 Å². The van der Waals surface area contributed by atoms with Gasteiger partial charge in [-0.05, 0) is 30.4 Å². The lowest BCUT2D eigenvalue weighted by atomic mass is 10.2. The number of nitrogens with zero attached hydrogens (tertiary/aromatic N) is 1. The van der Waals surface area contributed by atoms with Gasteiger partial charge in [0.15, 0.2) is 5.11 Å². The Hall–Kier alpha value is -1.30. The van der Waals surface area contributed by atoms with E-state index in [1.54, 1.807) is 0 Å². The van der Waals surface area contributed by atoms with Crippen LogP contribution in [-0.4, -0.2) is 12.2 Å². The van der Waals surface area contributed by atoms with E-state index in [1.165, 1.54) is 24.1 Å². The maximum absolute atomic E-state index is 12.3. The molecule has 0 atom stereocenters. The summed E-state index contributed by atoms with van der Waals surface area (Å²) in [6.45, 7) is 0. The number of rotatable bonds is 1. The number of benzene rings is 1. The number of hydrogen-bond acceptors (Lipinski definition) is 1. The van der Waals surface area contributed by atoms with Gasteiger partial charge in [0.2, 0.25) is 0 Å². The molecular weight excluding hydrogens is 225 g/mol. The summed E-state index contributed by atoms with van der Waals surface area (Å²) in [5, 5.41) is 0.0225. The Morgan fingerprint density at radius 1 is 1.40 bits per heavy atom. The lowest BCUT2D eigenvalue weighted by Gasteiger charge is -2.18. The molecule has 82 valence electrons. The second-order valence-electron chi connectivity index (χ2n) is 2.95. The van der Waals surface area contributed by atoms with Crippen molar-refractivity contribution in [3.63, 3.8) is 0 Å². The predicted molar refractivity (Wildman–Crippen MR) is 56.6 cm³/mol. The maximum atomic E-state index is 12.3. The highest BCUT2D eigenvalue weighted by Crippen LogP contribution is 2.31. The monoisotopic (exact) mass is 234 g/mol. The van der Waals surface area contributed by atoms with Crippen molar-refractivity contribution in [3.05, 3.63) is 29.8 Å². The van der Waals surface area contributed by atoms with Gasteiger partial charge in [-0.2, -0.15) is 13.2 Å². The summed E-state index contributed by atoms with van der Waals surface area (Å²) < 4.78 is 37.0. The van der Waals surface area contributed by atoms with Crippen molar-refractivity contribution in [1.29, 1.82) is 0 Å². The van der Waals surface area contributed by atoms with E-state index >= 15 is 0 Å². The van der Waals surface area contributed by atoms with Crippen LogP contribution in [0.15, 0.2) is 24.3 Å². The van der Waals surface area contributed by atoms with Crippen LogP contribution in [0.5, 0.6) is 0 Å². The first-order chi connectivity index (χ1) is 6.82. The zero-order valence-electron chi connectivity index (χ0n) is 7.88. The van der Waals surface area contributed by atoms with Crippen LogP contribution in [0.1, 0.15) is 5.56 Å². The van der Waals surface area contributed by atoms with Crippen molar-refractivity contribution in [3.8, 4) is 0 Å². The molecule has 0 unspecified atom stereocenters. The number of thiocarbonyl (C=S) groups is 1. The average molecular weight is 234 g/mol. The molecule has 0 aromatic heterocycles. The van der Waals surface area contributed by atoms with Gasteiger partial charge in [-0.15, -0.1) is 0 Å². The van der Waals surface area contributed by atoms with Gasteiger partial charge >= 0.3 is 6.18 Å². The Bertz CT molecular complexity index is 376. The van der Waals surface area contributed by atoms with Crippen LogP contribution in [0.2, 0.25) is 0 Å². The Labute approximate surface area is 90.5 Å². The quantitative estimate of drug-likeness (QED) is 0.756. The van der Waals surface area contributed by atoms with Crippen LogP contribution < -0.4 is 10.6 Å². The third kappa shape index (κ3) is 2.82. The Balaban J connectivity index is 3.08. The van der Waals surface area contributed by atoms with Gasteiger partial charge in [-0.1, -0.05) is 6.07 Å². The SMILES string of the molecule is CN(C(N)=S)c1cccc(C(F)(F)F)c1. The van der Waals surface area contributed by atoms with Crippen molar-refractivity contribution in [2.75, 3.05) is 11.9 Å². The van der Waals surface area contributed by atoms with Crippen molar-refractivity contribution < 1.29 is 13.2 Å². The molecule has 1 aromatic rings. The third-order valence-electron chi connectivity index (χ3n) is 1.89. The summed E-state index contributed by atoms with van der Waals surface area (Å²) in [7, 11) is 1.51. The number of hydrogen-bond donors (Lipinski definition) is 1. The lowest BCUT2D eigenvalue weighted by molar-refractivity contribution is -0.137. The molecule has 0 saturated heterocycles. The molecule has 0 aliphatic rings. The summed E-state index contributed by atoms with van der Waals surface area (Å²) in [6, 6.07) is 4.82. The molecule has 0 fully saturated rings. The van der Waals surface area contributed by atoms with E-state index in [4.69, 9.17) is 5.73 Å². The molecule has 0 radical (unpaired) electrons. The Morgan fingerprint density at radius 3 is 2.47 bits per heavy atom. The molecule has 0 aliphatic heterocycles. The van der Waals surface area contributed by atoms with E-state index in [0.29, 0.717) is 5.69 Å². The predicted octanol–water partition coefficient (Wildman–Crippen LogP) is 2.39. The summed E-state index contributed by atoms with van der Waals surface area (Å²) in [6.07, 6.45) is -4.35. The van der Waals surface area contributed by atoms with Gasteiger partial charge in [0.25, 0.3) is 0 Å². The number of alkyl halides is 3. The maximum Gasteiger partial charge on any atom is 0.416 e.